The fourth-order valence-electron chi connectivity index (χ4n) is 11.2. The summed E-state index contributed by atoms with van der Waals surface area (Å²) in [4.78, 5) is 15.5. The minimum absolute atomic E-state index is 0.145. The Bertz CT molecular complexity index is 3630. The lowest BCUT2D eigenvalue weighted by Gasteiger charge is -2.46. The van der Waals surface area contributed by atoms with E-state index in [1.54, 1.807) is 0 Å². The third-order valence-corrected chi connectivity index (χ3v) is 14.1. The fraction of sp³-hybridized carbons (Fsp3) is 0.0656. The molecule has 0 saturated carbocycles. The Morgan fingerprint density at radius 3 is 1.49 bits per heavy atom. The van der Waals surface area contributed by atoms with Crippen molar-refractivity contribution in [3.63, 3.8) is 0 Å². The molecular weight excluding hydrogens is 789 g/mol. The standard InChI is InChI=1S/C61H42N4/c1-60(2)50-24-12-14-26-52(50)61(53-27-15-13-25-51(53)60)49-23-11-9-21-45(49)46-35-33-42(37-54(46)61)39-29-31-41(32-30-39)58-62-57(40-17-5-3-6-18-40)63-59(64-58)43-34-36-48-47-22-10-16-28-55(47)65(56(48)38-43)44-19-7-4-8-20-44/h3-38H,1-2H3. The first-order valence-corrected chi connectivity index (χ1v) is 22.4. The molecule has 2 aromatic heterocycles. The highest BCUT2D eigenvalue weighted by Crippen LogP contribution is 2.62. The molecule has 65 heavy (non-hydrogen) atoms. The predicted molar refractivity (Wildman–Crippen MR) is 265 cm³/mol. The summed E-state index contributed by atoms with van der Waals surface area (Å²) in [6, 6.07) is 79.0. The number of benzene rings is 9. The third-order valence-electron chi connectivity index (χ3n) is 14.1. The lowest BCUT2D eigenvalue weighted by Crippen LogP contribution is -2.40. The molecule has 0 aliphatic heterocycles. The van der Waals surface area contributed by atoms with E-state index in [1.807, 2.05) is 18.2 Å². The molecule has 0 unspecified atom stereocenters. The van der Waals surface area contributed by atoms with Crippen LogP contribution in [-0.4, -0.2) is 19.5 Å². The van der Waals surface area contributed by atoms with E-state index in [9.17, 15) is 0 Å². The zero-order valence-electron chi connectivity index (χ0n) is 36.1. The summed E-state index contributed by atoms with van der Waals surface area (Å²) in [5.74, 6) is 1.90. The lowest BCUT2D eigenvalue weighted by atomic mass is 9.55. The van der Waals surface area contributed by atoms with Crippen LogP contribution in [0.25, 0.3) is 83.9 Å². The Labute approximate surface area is 378 Å². The van der Waals surface area contributed by atoms with Crippen molar-refractivity contribution >= 4 is 21.8 Å². The second-order valence-corrected chi connectivity index (χ2v) is 17.9. The smallest absolute Gasteiger partial charge is 0.164 e. The number of hydrogen-bond acceptors (Lipinski definition) is 3. The topological polar surface area (TPSA) is 43.6 Å². The van der Waals surface area contributed by atoms with Gasteiger partial charge in [0.25, 0.3) is 0 Å². The highest BCUT2D eigenvalue weighted by Gasteiger charge is 2.53. The third kappa shape index (κ3) is 5.47. The Morgan fingerprint density at radius 1 is 0.323 bits per heavy atom. The molecule has 0 saturated heterocycles. The number of hydrogen-bond donors (Lipinski definition) is 0. The highest BCUT2D eigenvalue weighted by molar-refractivity contribution is 6.10. The van der Waals surface area contributed by atoms with Gasteiger partial charge in [-0.1, -0.05) is 202 Å². The molecule has 11 aromatic rings. The van der Waals surface area contributed by atoms with Gasteiger partial charge in [-0.25, -0.2) is 15.0 Å². The second-order valence-electron chi connectivity index (χ2n) is 17.9. The fourth-order valence-corrected chi connectivity index (χ4v) is 11.2. The van der Waals surface area contributed by atoms with Crippen LogP contribution in [0.5, 0.6) is 0 Å². The lowest BCUT2D eigenvalue weighted by molar-refractivity contribution is 0.563. The van der Waals surface area contributed by atoms with Crippen LogP contribution in [0, 0.1) is 0 Å². The second kappa shape index (κ2) is 14.2. The molecule has 4 nitrogen and oxygen atoms in total. The number of nitrogens with zero attached hydrogens (tertiary/aromatic N) is 4. The average molecular weight is 831 g/mol. The molecule has 0 N–H and O–H groups in total. The van der Waals surface area contributed by atoms with Crippen LogP contribution in [0.3, 0.4) is 0 Å². The van der Waals surface area contributed by atoms with Gasteiger partial charge in [-0.05, 0) is 86.0 Å². The van der Waals surface area contributed by atoms with Gasteiger partial charge in [0.05, 0.1) is 16.4 Å². The van der Waals surface area contributed by atoms with Gasteiger partial charge in [0, 0.05) is 38.6 Å². The molecule has 0 amide bonds. The molecule has 4 heteroatoms. The van der Waals surface area contributed by atoms with Crippen molar-refractivity contribution in [3.8, 4) is 62.1 Å². The number of fused-ring (bicyclic) bond motifs is 12. The molecule has 2 aliphatic carbocycles. The van der Waals surface area contributed by atoms with Crippen molar-refractivity contribution in [2.45, 2.75) is 24.7 Å². The van der Waals surface area contributed by atoms with Crippen molar-refractivity contribution in [1.29, 1.82) is 0 Å². The molecule has 306 valence electrons. The van der Waals surface area contributed by atoms with E-state index in [0.717, 1.165) is 39.0 Å². The van der Waals surface area contributed by atoms with Gasteiger partial charge in [-0.2, -0.15) is 0 Å². The van der Waals surface area contributed by atoms with E-state index < -0.39 is 5.41 Å². The summed E-state index contributed by atoms with van der Waals surface area (Å²) in [5.41, 5.74) is 18.6. The van der Waals surface area contributed by atoms with E-state index in [0.29, 0.717) is 17.5 Å². The van der Waals surface area contributed by atoms with Crippen LogP contribution >= 0.6 is 0 Å². The quantitative estimate of drug-likeness (QED) is 0.174. The Balaban J connectivity index is 0.944. The monoisotopic (exact) mass is 830 g/mol. The van der Waals surface area contributed by atoms with Crippen LogP contribution < -0.4 is 0 Å². The van der Waals surface area contributed by atoms with Gasteiger partial charge < -0.3 is 4.57 Å². The minimum atomic E-state index is -0.446. The molecular formula is C61H42N4. The Hall–Kier alpha value is -8.21. The van der Waals surface area contributed by atoms with Crippen molar-refractivity contribution in [2.24, 2.45) is 0 Å². The maximum atomic E-state index is 5.22. The van der Waals surface area contributed by atoms with Crippen molar-refractivity contribution in [3.05, 3.63) is 252 Å². The Morgan fingerprint density at radius 2 is 0.800 bits per heavy atom. The molecule has 0 atom stereocenters. The van der Waals surface area contributed by atoms with E-state index in [1.165, 1.54) is 60.8 Å². The van der Waals surface area contributed by atoms with Crippen molar-refractivity contribution in [1.82, 2.24) is 19.5 Å². The van der Waals surface area contributed by atoms with Gasteiger partial charge in [-0.3, -0.25) is 0 Å². The largest absolute Gasteiger partial charge is 0.309 e. The molecule has 0 radical (unpaired) electrons. The number of para-hydroxylation sites is 2. The summed E-state index contributed by atoms with van der Waals surface area (Å²) >= 11 is 0. The van der Waals surface area contributed by atoms with Gasteiger partial charge in [-0.15, -0.1) is 0 Å². The highest BCUT2D eigenvalue weighted by atomic mass is 15.0. The predicted octanol–water partition coefficient (Wildman–Crippen LogP) is 14.6. The Kier molecular flexibility index (Phi) is 8.13. The van der Waals surface area contributed by atoms with Crippen molar-refractivity contribution < 1.29 is 0 Å². The first-order valence-electron chi connectivity index (χ1n) is 22.4. The van der Waals surface area contributed by atoms with E-state index in [-0.39, 0.29) is 5.41 Å². The minimum Gasteiger partial charge on any atom is -0.309 e. The van der Waals surface area contributed by atoms with E-state index in [4.69, 9.17) is 15.0 Å². The van der Waals surface area contributed by atoms with Crippen molar-refractivity contribution in [2.75, 3.05) is 0 Å². The summed E-state index contributed by atoms with van der Waals surface area (Å²) in [7, 11) is 0. The maximum absolute atomic E-state index is 5.22. The van der Waals surface area contributed by atoms with Gasteiger partial charge in [0.15, 0.2) is 17.5 Å². The van der Waals surface area contributed by atoms with Crippen LogP contribution in [0.1, 0.15) is 47.2 Å². The molecule has 1 spiro atoms. The van der Waals surface area contributed by atoms with Gasteiger partial charge in [0.1, 0.15) is 0 Å². The maximum Gasteiger partial charge on any atom is 0.164 e. The number of aromatic nitrogens is 4. The summed E-state index contributed by atoms with van der Waals surface area (Å²) in [6.45, 7) is 4.75. The first kappa shape index (κ1) is 37.4. The molecule has 9 aromatic carbocycles. The first-order chi connectivity index (χ1) is 32.0. The molecule has 2 aliphatic rings. The zero-order chi connectivity index (χ0) is 43.3. The van der Waals surface area contributed by atoms with Crippen LogP contribution in [0.15, 0.2) is 218 Å². The van der Waals surface area contributed by atoms with Crippen LogP contribution in [0.2, 0.25) is 0 Å². The average Bonchev–Trinajstić information content (AvgIpc) is 3.86. The molecule has 13 rings (SSSR count). The summed E-state index contributed by atoms with van der Waals surface area (Å²) in [6.07, 6.45) is 0. The summed E-state index contributed by atoms with van der Waals surface area (Å²) in [5, 5.41) is 2.39. The molecule has 2 heterocycles. The number of rotatable bonds is 5. The van der Waals surface area contributed by atoms with Crippen LogP contribution in [-0.2, 0) is 10.8 Å². The van der Waals surface area contributed by atoms with E-state index >= 15 is 0 Å². The van der Waals surface area contributed by atoms with Gasteiger partial charge in [0.2, 0.25) is 0 Å². The van der Waals surface area contributed by atoms with Crippen LogP contribution in [0.4, 0.5) is 0 Å². The molecule has 0 fully saturated rings. The molecule has 0 bridgehead atoms. The summed E-state index contributed by atoms with van der Waals surface area (Å²) < 4.78 is 2.33. The normalized spacial score (nSPS) is 13.9. The zero-order valence-corrected chi connectivity index (χ0v) is 36.1. The SMILES string of the molecule is CC1(C)c2ccccc2C2(c3ccccc3-c3ccc(-c4ccc(-c5nc(-c6ccccc6)nc(-c6ccc7c8ccccc8n(-c8ccccc8)c7c6)n5)cc4)cc32)c2ccccc21. The van der Waals surface area contributed by atoms with E-state index in [2.05, 4.69) is 219 Å². The van der Waals surface area contributed by atoms with Gasteiger partial charge >= 0.3 is 0 Å².